The molecule has 0 fully saturated rings. The average Bonchev–Trinajstić information content (AvgIpc) is 2.97. The fourth-order valence-corrected chi connectivity index (χ4v) is 3.09. The molecule has 0 atom stereocenters. The first kappa shape index (κ1) is 22.0. The van der Waals surface area contributed by atoms with Gasteiger partial charge in [0, 0.05) is 35.8 Å². The Morgan fingerprint density at radius 1 is 1.32 bits per heavy atom. The minimum Gasteiger partial charge on any atom is -0.337 e. The van der Waals surface area contributed by atoms with Crippen LogP contribution in [0, 0.1) is 6.92 Å². The average molecular weight is 409 g/mol. The highest BCUT2D eigenvalue weighted by Crippen LogP contribution is 2.27. The third kappa shape index (κ3) is 5.86. The van der Waals surface area contributed by atoms with E-state index in [0.717, 1.165) is 40.7 Å². The Morgan fingerprint density at radius 3 is 2.64 bits per heavy atom. The van der Waals surface area contributed by atoms with E-state index in [9.17, 15) is 13.2 Å². The van der Waals surface area contributed by atoms with Crippen LogP contribution < -0.4 is 0 Å². The summed E-state index contributed by atoms with van der Waals surface area (Å²) in [5.74, 6) is 0.924. The Balaban J connectivity index is 2.03. The molecule has 0 aliphatic heterocycles. The molecule has 0 radical (unpaired) electrons. The van der Waals surface area contributed by atoms with Gasteiger partial charge in [-0.1, -0.05) is 48.0 Å². The number of allylic oxidation sites excluding steroid dienone is 5. The topological polar surface area (TPSA) is 17.8 Å². The van der Waals surface area contributed by atoms with Crippen molar-refractivity contribution in [2.24, 2.45) is 7.05 Å². The predicted molar refractivity (Wildman–Crippen MR) is 109 cm³/mol. The van der Waals surface area contributed by atoms with Crippen LogP contribution in [0.1, 0.15) is 31.2 Å². The maximum atomic E-state index is 12.5. The van der Waals surface area contributed by atoms with Crippen LogP contribution in [0.2, 0.25) is 5.02 Å². The van der Waals surface area contributed by atoms with Gasteiger partial charge in [0.1, 0.15) is 5.82 Å². The van der Waals surface area contributed by atoms with Crippen LogP contribution in [0.4, 0.5) is 13.2 Å². The highest BCUT2D eigenvalue weighted by atomic mass is 35.5. The molecule has 0 unspecified atom stereocenters. The largest absolute Gasteiger partial charge is 0.415 e. The summed E-state index contributed by atoms with van der Waals surface area (Å²) in [4.78, 5) is 4.73. The fourth-order valence-electron chi connectivity index (χ4n) is 2.86. The second-order valence-electron chi connectivity index (χ2n) is 6.69. The van der Waals surface area contributed by atoms with Crippen LogP contribution in [0.25, 0.3) is 11.3 Å². The number of hydrogen-bond acceptors (Lipinski definition) is 1. The molecular formula is C22H24ClF3N2. The van der Waals surface area contributed by atoms with Gasteiger partial charge in [-0.2, -0.15) is 13.2 Å². The third-order valence-corrected chi connectivity index (χ3v) is 4.81. The van der Waals surface area contributed by atoms with Gasteiger partial charge in [0.25, 0.3) is 0 Å². The van der Waals surface area contributed by atoms with Crippen LogP contribution in [-0.2, 0) is 13.5 Å². The molecule has 0 aliphatic rings. The summed E-state index contributed by atoms with van der Waals surface area (Å²) >= 11 is 6.02. The maximum Gasteiger partial charge on any atom is 0.415 e. The van der Waals surface area contributed by atoms with Gasteiger partial charge in [0.2, 0.25) is 0 Å². The zero-order valence-corrected chi connectivity index (χ0v) is 17.0. The van der Waals surface area contributed by atoms with Crippen LogP contribution in [-0.4, -0.2) is 15.7 Å². The molecular weight excluding hydrogens is 385 g/mol. The Kier molecular flexibility index (Phi) is 7.30. The standard InChI is InChI=1S/C22H24ClF3N2/c1-5-17(8-6-7-16(3)22(24,25)26)9-12-21-27-20(14-28(21)4)19-11-10-18(23)13-15(19)2/h5-7,10-11,13-14H,3,8-9,12H2,1-2,4H3/b7-6-,17-5+. The first-order valence-corrected chi connectivity index (χ1v) is 9.35. The van der Waals surface area contributed by atoms with Crippen molar-refractivity contribution >= 4 is 11.6 Å². The van der Waals surface area contributed by atoms with Crippen molar-refractivity contribution in [3.05, 3.63) is 76.8 Å². The molecule has 1 aromatic carbocycles. The van der Waals surface area contributed by atoms with Gasteiger partial charge in [0.15, 0.2) is 0 Å². The van der Waals surface area contributed by atoms with Crippen molar-refractivity contribution < 1.29 is 13.2 Å². The van der Waals surface area contributed by atoms with Gasteiger partial charge in [-0.3, -0.25) is 0 Å². The molecule has 28 heavy (non-hydrogen) atoms. The molecule has 0 saturated heterocycles. The molecule has 150 valence electrons. The second-order valence-corrected chi connectivity index (χ2v) is 7.13. The smallest absolute Gasteiger partial charge is 0.337 e. The van der Waals surface area contributed by atoms with Gasteiger partial charge in [-0.05, 0) is 44.4 Å². The quantitative estimate of drug-likeness (QED) is 0.356. The summed E-state index contributed by atoms with van der Waals surface area (Å²) in [6.45, 7) is 6.93. The van der Waals surface area contributed by atoms with Crippen LogP contribution in [0.15, 0.2) is 60.3 Å². The number of imidazole rings is 1. The zero-order chi connectivity index (χ0) is 20.9. The van der Waals surface area contributed by atoms with Crippen LogP contribution in [0.5, 0.6) is 0 Å². The number of nitrogens with zero attached hydrogens (tertiary/aromatic N) is 2. The van der Waals surface area contributed by atoms with E-state index in [-0.39, 0.29) is 0 Å². The second kappa shape index (κ2) is 9.28. The molecule has 2 aromatic rings. The summed E-state index contributed by atoms with van der Waals surface area (Å²) in [5, 5.41) is 0.691. The molecule has 0 aliphatic carbocycles. The molecule has 2 nitrogen and oxygen atoms in total. The van der Waals surface area contributed by atoms with Gasteiger partial charge in [0.05, 0.1) is 5.69 Å². The number of aryl methyl sites for hydroxylation is 3. The van der Waals surface area contributed by atoms with Crippen molar-refractivity contribution in [2.75, 3.05) is 0 Å². The van der Waals surface area contributed by atoms with Crippen LogP contribution >= 0.6 is 11.6 Å². The molecule has 1 heterocycles. The molecule has 0 amide bonds. The summed E-state index contributed by atoms with van der Waals surface area (Å²) in [7, 11) is 1.94. The van der Waals surface area contributed by atoms with Gasteiger partial charge in [-0.25, -0.2) is 4.98 Å². The summed E-state index contributed by atoms with van der Waals surface area (Å²) in [6.07, 6.45) is 3.97. The van der Waals surface area contributed by atoms with Gasteiger partial charge >= 0.3 is 6.18 Å². The Bertz CT molecular complexity index is 905. The van der Waals surface area contributed by atoms with E-state index in [1.807, 2.05) is 55.9 Å². The van der Waals surface area contributed by atoms with E-state index < -0.39 is 11.7 Å². The highest BCUT2D eigenvalue weighted by Gasteiger charge is 2.29. The van der Waals surface area contributed by atoms with E-state index in [1.54, 1.807) is 0 Å². The molecule has 0 saturated carbocycles. The van der Waals surface area contributed by atoms with Gasteiger partial charge < -0.3 is 4.57 Å². The number of alkyl halides is 3. The molecule has 2 rings (SSSR count). The zero-order valence-electron chi connectivity index (χ0n) is 16.3. The number of aromatic nitrogens is 2. The van der Waals surface area contributed by atoms with E-state index in [2.05, 4.69) is 6.58 Å². The number of benzene rings is 1. The SMILES string of the molecule is C=C(/C=C\C/C(=C\C)CCc1nc(-c2ccc(Cl)cc2C)cn1C)C(F)(F)F. The minimum absolute atomic E-state index is 0.458. The van der Waals surface area contributed by atoms with E-state index in [0.29, 0.717) is 17.9 Å². The summed E-state index contributed by atoms with van der Waals surface area (Å²) < 4.78 is 39.4. The molecule has 0 N–H and O–H groups in total. The molecule has 1 aromatic heterocycles. The molecule has 0 spiro atoms. The van der Waals surface area contributed by atoms with Crippen molar-refractivity contribution in [2.45, 2.75) is 39.3 Å². The lowest BCUT2D eigenvalue weighted by atomic mass is 10.1. The molecule has 0 bridgehead atoms. The first-order valence-electron chi connectivity index (χ1n) is 8.97. The number of hydrogen-bond donors (Lipinski definition) is 0. The fraction of sp³-hybridized carbons (Fsp3) is 0.318. The first-order chi connectivity index (χ1) is 13.1. The highest BCUT2D eigenvalue weighted by molar-refractivity contribution is 6.30. The summed E-state index contributed by atoms with van der Waals surface area (Å²) in [6, 6.07) is 5.71. The third-order valence-electron chi connectivity index (χ3n) is 4.58. The number of rotatable bonds is 7. The van der Waals surface area contributed by atoms with E-state index in [1.165, 1.54) is 6.08 Å². The van der Waals surface area contributed by atoms with Crippen molar-refractivity contribution in [1.82, 2.24) is 9.55 Å². The summed E-state index contributed by atoms with van der Waals surface area (Å²) in [5.41, 5.74) is 3.19. The lowest BCUT2D eigenvalue weighted by molar-refractivity contribution is -0.0878. The van der Waals surface area contributed by atoms with Crippen molar-refractivity contribution in [1.29, 1.82) is 0 Å². The Hall–Kier alpha value is -2.27. The lowest BCUT2D eigenvalue weighted by Crippen LogP contribution is -2.08. The van der Waals surface area contributed by atoms with Crippen molar-refractivity contribution in [3.63, 3.8) is 0 Å². The van der Waals surface area contributed by atoms with Gasteiger partial charge in [-0.15, -0.1) is 0 Å². The monoisotopic (exact) mass is 408 g/mol. The lowest BCUT2D eigenvalue weighted by Gasteiger charge is -2.06. The van der Waals surface area contributed by atoms with Crippen LogP contribution in [0.3, 0.4) is 0 Å². The molecule has 6 heteroatoms. The maximum absolute atomic E-state index is 12.5. The minimum atomic E-state index is -4.38. The van der Waals surface area contributed by atoms with Crippen molar-refractivity contribution in [3.8, 4) is 11.3 Å². The normalized spacial score (nSPS) is 12.8. The Morgan fingerprint density at radius 2 is 2.04 bits per heavy atom. The predicted octanol–water partition coefficient (Wildman–Crippen LogP) is 6.99. The van der Waals surface area contributed by atoms with E-state index in [4.69, 9.17) is 16.6 Å². The van der Waals surface area contributed by atoms with E-state index >= 15 is 0 Å². The number of halogens is 4. The Labute approximate surface area is 169 Å².